The van der Waals surface area contributed by atoms with Crippen LogP contribution in [0.15, 0.2) is 103 Å². The molecule has 0 aromatic heterocycles. The summed E-state index contributed by atoms with van der Waals surface area (Å²) < 4.78 is 44.8. The van der Waals surface area contributed by atoms with Crippen LogP contribution in [-0.4, -0.2) is 33.6 Å². The lowest BCUT2D eigenvalue weighted by Gasteiger charge is -2.35. The number of urea groups is 1. The van der Waals surface area contributed by atoms with Gasteiger partial charge in [0.1, 0.15) is 5.60 Å². The number of rotatable bonds is 9. The summed E-state index contributed by atoms with van der Waals surface area (Å²) in [5.74, 6) is 0. The van der Waals surface area contributed by atoms with Gasteiger partial charge in [-0.25, -0.2) is 9.59 Å². The summed E-state index contributed by atoms with van der Waals surface area (Å²) in [6.07, 6.45) is 0.695. The Balaban J connectivity index is 1.26. The molecule has 9 heteroatoms. The van der Waals surface area contributed by atoms with E-state index in [0.29, 0.717) is 19.6 Å². The molecule has 6 nitrogen and oxygen atoms in total. The summed E-state index contributed by atoms with van der Waals surface area (Å²) in [5.41, 5.74) is 3.84. The average molecular weight is 672 g/mol. The predicted molar refractivity (Wildman–Crippen MR) is 187 cm³/mol. The van der Waals surface area contributed by atoms with E-state index in [1.165, 1.54) is 18.6 Å². The highest BCUT2D eigenvalue weighted by atomic mass is 19.4. The molecule has 0 saturated heterocycles. The second-order valence-corrected chi connectivity index (χ2v) is 13.6. The standard InChI is InChI=1S/C40H44F3N3O3/c1-39(2,3)49-38(48)46(36-12-8-5-9-13-36)28-31-16-20-33(21-17-31)32-18-14-30(15-19-32)27-45(26-29-10-6-4-7-11-29)37(47)44-35-24-22-34(23-25-35)40(41,42)43/h4,6-7,10-11,14-25,36H,5,8-9,12-13,26-28H2,1-3H3,(H,44,47). The normalized spacial score (nSPS) is 13.8. The van der Waals surface area contributed by atoms with Gasteiger partial charge in [-0.1, -0.05) is 98.1 Å². The van der Waals surface area contributed by atoms with Gasteiger partial charge in [-0.3, -0.25) is 0 Å². The molecule has 1 aliphatic carbocycles. The van der Waals surface area contributed by atoms with Crippen molar-refractivity contribution in [1.82, 2.24) is 9.80 Å². The zero-order valence-electron chi connectivity index (χ0n) is 28.3. The number of ether oxygens (including phenoxy) is 1. The summed E-state index contributed by atoms with van der Waals surface area (Å²) in [5, 5.41) is 2.74. The molecule has 1 saturated carbocycles. The molecule has 0 aliphatic heterocycles. The molecular weight excluding hydrogens is 627 g/mol. The minimum atomic E-state index is -4.45. The van der Waals surface area contributed by atoms with Gasteiger partial charge in [0.05, 0.1) is 5.56 Å². The maximum absolute atomic E-state index is 13.4. The molecule has 0 spiro atoms. The Labute approximate surface area is 286 Å². The summed E-state index contributed by atoms with van der Waals surface area (Å²) in [6, 6.07) is 29.9. The largest absolute Gasteiger partial charge is 0.444 e. The predicted octanol–water partition coefficient (Wildman–Crippen LogP) is 10.7. The first-order valence-corrected chi connectivity index (χ1v) is 16.8. The molecular formula is C40H44F3N3O3. The fourth-order valence-electron chi connectivity index (χ4n) is 6.03. The molecule has 0 radical (unpaired) electrons. The summed E-state index contributed by atoms with van der Waals surface area (Å²) in [4.78, 5) is 30.1. The first-order chi connectivity index (χ1) is 23.3. The Kier molecular flexibility index (Phi) is 11.3. The highest BCUT2D eigenvalue weighted by molar-refractivity contribution is 5.89. The van der Waals surface area contributed by atoms with Crippen molar-refractivity contribution in [3.05, 3.63) is 125 Å². The molecule has 0 atom stereocenters. The van der Waals surface area contributed by atoms with Crippen LogP contribution in [0.5, 0.6) is 0 Å². The number of amides is 3. The molecule has 1 aliphatic rings. The topological polar surface area (TPSA) is 61.9 Å². The maximum Gasteiger partial charge on any atom is 0.416 e. The fourth-order valence-corrected chi connectivity index (χ4v) is 6.03. The Bertz CT molecular complexity index is 1660. The number of alkyl halides is 3. The van der Waals surface area contributed by atoms with Crippen molar-refractivity contribution in [3.63, 3.8) is 0 Å². The van der Waals surface area contributed by atoms with Gasteiger partial charge in [0.25, 0.3) is 0 Å². The van der Waals surface area contributed by atoms with Crippen molar-refractivity contribution in [2.75, 3.05) is 5.32 Å². The Morgan fingerprint density at radius 1 is 0.694 bits per heavy atom. The number of anilines is 1. The zero-order chi connectivity index (χ0) is 35.0. The molecule has 0 bridgehead atoms. The minimum Gasteiger partial charge on any atom is -0.444 e. The fraction of sp³-hybridized carbons (Fsp3) is 0.350. The Morgan fingerprint density at radius 3 is 1.71 bits per heavy atom. The first-order valence-electron chi connectivity index (χ1n) is 16.8. The van der Waals surface area contributed by atoms with Crippen LogP contribution in [0, 0.1) is 0 Å². The lowest BCUT2D eigenvalue weighted by Crippen LogP contribution is -2.43. The van der Waals surface area contributed by atoms with Crippen LogP contribution in [0.25, 0.3) is 11.1 Å². The van der Waals surface area contributed by atoms with E-state index in [-0.39, 0.29) is 17.8 Å². The lowest BCUT2D eigenvalue weighted by atomic mass is 9.94. The van der Waals surface area contributed by atoms with Crippen molar-refractivity contribution >= 4 is 17.8 Å². The number of hydrogen-bond acceptors (Lipinski definition) is 3. The average Bonchev–Trinajstić information content (AvgIpc) is 3.07. The van der Waals surface area contributed by atoms with Crippen molar-refractivity contribution in [3.8, 4) is 11.1 Å². The van der Waals surface area contributed by atoms with Gasteiger partial charge in [-0.15, -0.1) is 0 Å². The third-order valence-corrected chi connectivity index (χ3v) is 8.58. The third kappa shape index (κ3) is 10.3. The molecule has 0 heterocycles. The van der Waals surface area contributed by atoms with Crippen LogP contribution >= 0.6 is 0 Å². The molecule has 49 heavy (non-hydrogen) atoms. The minimum absolute atomic E-state index is 0.175. The van der Waals surface area contributed by atoms with E-state index >= 15 is 0 Å². The van der Waals surface area contributed by atoms with Gasteiger partial charge < -0.3 is 19.9 Å². The molecule has 258 valence electrons. The van der Waals surface area contributed by atoms with Crippen LogP contribution in [0.3, 0.4) is 0 Å². The quantitative estimate of drug-likeness (QED) is 0.193. The van der Waals surface area contributed by atoms with E-state index in [9.17, 15) is 22.8 Å². The van der Waals surface area contributed by atoms with E-state index < -0.39 is 23.4 Å². The summed E-state index contributed by atoms with van der Waals surface area (Å²) in [6.45, 7) is 6.78. The van der Waals surface area contributed by atoms with Crippen molar-refractivity contribution in [1.29, 1.82) is 0 Å². The number of hydrogen-bond donors (Lipinski definition) is 1. The number of carbonyl (C=O) groups is 2. The van der Waals surface area contributed by atoms with Crippen LogP contribution in [0.2, 0.25) is 0 Å². The highest BCUT2D eigenvalue weighted by Gasteiger charge is 2.31. The molecule has 4 aromatic rings. The SMILES string of the molecule is CC(C)(C)OC(=O)N(Cc1ccc(-c2ccc(CN(Cc3ccccc3)C(=O)Nc3ccc(C(F)(F)F)cc3)cc2)cc1)C1CCCCC1. The number of benzene rings is 4. The molecule has 1 fully saturated rings. The number of nitrogens with zero attached hydrogens (tertiary/aromatic N) is 2. The van der Waals surface area contributed by atoms with E-state index in [0.717, 1.165) is 65.6 Å². The van der Waals surface area contributed by atoms with Gasteiger partial charge >= 0.3 is 18.3 Å². The van der Waals surface area contributed by atoms with Crippen LogP contribution in [0.1, 0.15) is 75.1 Å². The van der Waals surface area contributed by atoms with E-state index in [2.05, 4.69) is 29.6 Å². The Morgan fingerprint density at radius 2 is 1.20 bits per heavy atom. The molecule has 1 N–H and O–H groups in total. The number of nitrogens with one attached hydrogen (secondary N) is 1. The monoisotopic (exact) mass is 671 g/mol. The smallest absolute Gasteiger partial charge is 0.416 e. The summed E-state index contributed by atoms with van der Waals surface area (Å²) in [7, 11) is 0. The first kappa shape index (κ1) is 35.5. The van der Waals surface area contributed by atoms with Crippen molar-refractivity contribution in [2.45, 2.75) is 90.3 Å². The van der Waals surface area contributed by atoms with Crippen LogP contribution in [-0.2, 0) is 30.5 Å². The number of halogens is 3. The van der Waals surface area contributed by atoms with E-state index in [4.69, 9.17) is 4.74 Å². The van der Waals surface area contributed by atoms with E-state index in [1.807, 2.05) is 80.3 Å². The second kappa shape index (κ2) is 15.6. The number of carbonyl (C=O) groups excluding carboxylic acids is 2. The summed E-state index contributed by atoms with van der Waals surface area (Å²) >= 11 is 0. The van der Waals surface area contributed by atoms with Gasteiger partial charge in [0.15, 0.2) is 0 Å². The van der Waals surface area contributed by atoms with Gasteiger partial charge in [0.2, 0.25) is 0 Å². The van der Waals surface area contributed by atoms with E-state index in [1.54, 1.807) is 4.90 Å². The van der Waals surface area contributed by atoms with Crippen molar-refractivity contribution in [2.24, 2.45) is 0 Å². The highest BCUT2D eigenvalue weighted by Crippen LogP contribution is 2.30. The van der Waals surface area contributed by atoms with Crippen molar-refractivity contribution < 1.29 is 27.5 Å². The van der Waals surface area contributed by atoms with Gasteiger partial charge in [-0.2, -0.15) is 13.2 Å². The second-order valence-electron chi connectivity index (χ2n) is 13.6. The third-order valence-electron chi connectivity index (χ3n) is 8.58. The molecule has 5 rings (SSSR count). The van der Waals surface area contributed by atoms with Gasteiger partial charge in [0, 0.05) is 31.4 Å². The van der Waals surface area contributed by atoms with Crippen LogP contribution in [0.4, 0.5) is 28.4 Å². The molecule has 3 amide bonds. The lowest BCUT2D eigenvalue weighted by molar-refractivity contribution is -0.137. The maximum atomic E-state index is 13.4. The zero-order valence-corrected chi connectivity index (χ0v) is 28.3. The Hall–Kier alpha value is -4.79. The van der Waals surface area contributed by atoms with Gasteiger partial charge in [-0.05, 0) is 85.7 Å². The molecule has 4 aromatic carbocycles. The molecule has 0 unspecified atom stereocenters. The van der Waals surface area contributed by atoms with Crippen LogP contribution < -0.4 is 5.32 Å².